The van der Waals surface area contributed by atoms with E-state index in [1.165, 1.54) is 12.5 Å². The molecule has 0 spiro atoms. The van der Waals surface area contributed by atoms with Crippen LogP contribution in [0.15, 0.2) is 41.4 Å². The summed E-state index contributed by atoms with van der Waals surface area (Å²) in [6.45, 7) is 16.7. The van der Waals surface area contributed by atoms with E-state index >= 15 is 0 Å². The number of ether oxygens (including phenoxy) is 1. The van der Waals surface area contributed by atoms with Crippen LogP contribution in [0.4, 0.5) is 0 Å². The van der Waals surface area contributed by atoms with Gasteiger partial charge in [-0.1, -0.05) is 39.3 Å². The van der Waals surface area contributed by atoms with Gasteiger partial charge in [0.25, 0.3) is 0 Å². The smallest absolute Gasteiger partial charge is 0.303 e. The summed E-state index contributed by atoms with van der Waals surface area (Å²) in [5.74, 6) is -0.0478. The minimum absolute atomic E-state index is 0.0527. The number of esters is 1. The standard InChI is InChI=1S/C37H55N3O5/c1-21(2)10-9-11-25(34(44)40-23(4)28-20-38-16-17-39-28)32-27-18-30(43)33-35(6)14-13-29(42)22(3)26(35)12-15-36(33,7)37(27,8)19-31(32)45-24(5)41/h10,16-17,20,22-23,26-27,29-31,33,42-43H,9,11-15,18-19H2,1-8H3,(H,40,44)/b32-25-/t22-,23?,26-,27-,29+,30+,31-,33-,35-,36-,37-/m0/s1. The molecule has 45 heavy (non-hydrogen) atoms. The highest BCUT2D eigenvalue weighted by atomic mass is 16.5. The van der Waals surface area contributed by atoms with Gasteiger partial charge in [0.15, 0.2) is 0 Å². The van der Waals surface area contributed by atoms with Crippen LogP contribution in [0, 0.1) is 39.9 Å². The fourth-order valence-corrected chi connectivity index (χ4v) is 10.7. The number of amides is 1. The molecule has 0 aliphatic heterocycles. The number of hydrogen-bond acceptors (Lipinski definition) is 7. The number of aliphatic hydroxyl groups is 2. The minimum atomic E-state index is -0.560. The molecule has 1 heterocycles. The molecule has 0 aromatic carbocycles. The first-order chi connectivity index (χ1) is 21.1. The van der Waals surface area contributed by atoms with E-state index < -0.39 is 12.2 Å². The normalized spacial score (nSPS) is 40.7. The Morgan fingerprint density at radius 3 is 2.47 bits per heavy atom. The highest BCUT2D eigenvalue weighted by molar-refractivity contribution is 5.95. The van der Waals surface area contributed by atoms with E-state index in [0.717, 1.165) is 31.3 Å². The fraction of sp³-hybridized carbons (Fsp3) is 0.730. The van der Waals surface area contributed by atoms with E-state index in [4.69, 9.17) is 4.74 Å². The summed E-state index contributed by atoms with van der Waals surface area (Å²) in [7, 11) is 0. The monoisotopic (exact) mass is 621 g/mol. The van der Waals surface area contributed by atoms with Crippen molar-refractivity contribution in [3.63, 3.8) is 0 Å². The molecule has 0 saturated heterocycles. The Hall–Kier alpha value is -2.58. The van der Waals surface area contributed by atoms with E-state index in [2.05, 4.69) is 62.9 Å². The number of hydrogen-bond donors (Lipinski definition) is 3. The molecule has 4 fully saturated rings. The Kier molecular flexibility index (Phi) is 9.42. The molecule has 1 aromatic rings. The number of nitrogens with one attached hydrogen (secondary N) is 1. The van der Waals surface area contributed by atoms with Gasteiger partial charge in [-0.05, 0) is 118 Å². The maximum atomic E-state index is 14.3. The Bertz CT molecular complexity index is 1340. The molecule has 8 heteroatoms. The molecule has 248 valence electrons. The van der Waals surface area contributed by atoms with E-state index in [-0.39, 0.29) is 58.0 Å². The van der Waals surface area contributed by atoms with E-state index in [0.29, 0.717) is 42.9 Å². The Balaban J connectivity index is 1.60. The number of aromatic nitrogens is 2. The van der Waals surface area contributed by atoms with Gasteiger partial charge in [-0.25, -0.2) is 0 Å². The van der Waals surface area contributed by atoms with Gasteiger partial charge in [0.05, 0.1) is 30.1 Å². The second-order valence-corrected chi connectivity index (χ2v) is 15.7. The first kappa shape index (κ1) is 33.8. The predicted octanol–water partition coefficient (Wildman–Crippen LogP) is 6.25. The second-order valence-electron chi connectivity index (χ2n) is 15.7. The van der Waals surface area contributed by atoms with Crippen LogP contribution in [0.3, 0.4) is 0 Å². The topological polar surface area (TPSA) is 122 Å². The van der Waals surface area contributed by atoms with Crippen molar-refractivity contribution < 1.29 is 24.5 Å². The molecular weight excluding hydrogens is 566 g/mol. The molecule has 3 N–H and O–H groups in total. The molecule has 1 amide bonds. The van der Waals surface area contributed by atoms with Crippen molar-refractivity contribution in [1.82, 2.24) is 15.3 Å². The lowest BCUT2D eigenvalue weighted by atomic mass is 9.36. The maximum Gasteiger partial charge on any atom is 0.303 e. The molecule has 1 unspecified atom stereocenters. The number of aliphatic hydroxyl groups excluding tert-OH is 2. The fourth-order valence-electron chi connectivity index (χ4n) is 10.7. The maximum absolute atomic E-state index is 14.3. The summed E-state index contributed by atoms with van der Waals surface area (Å²) in [5.41, 5.74) is 2.77. The van der Waals surface area contributed by atoms with Crippen molar-refractivity contribution in [2.24, 2.45) is 39.9 Å². The number of fused-ring (bicyclic) bond motifs is 5. The van der Waals surface area contributed by atoms with Crippen molar-refractivity contribution in [3.05, 3.63) is 47.1 Å². The SMILES string of the molecule is CC(=O)O[C@H]1C[C@@]2(C)[C@@H](C[C@@H](O)[C@H]3[C@@]4(C)CC[C@@H](O)[C@@H](C)[C@@H]4CC[C@@]32C)/C1=C(\CCC=C(C)C)C(=O)NC(C)c1cnccn1. The summed E-state index contributed by atoms with van der Waals surface area (Å²) < 4.78 is 6.12. The molecule has 4 aliphatic carbocycles. The van der Waals surface area contributed by atoms with Crippen LogP contribution in [0.2, 0.25) is 0 Å². The van der Waals surface area contributed by atoms with E-state index in [1.54, 1.807) is 18.6 Å². The van der Waals surface area contributed by atoms with Crippen LogP contribution in [-0.4, -0.2) is 50.4 Å². The lowest BCUT2D eigenvalue weighted by Crippen LogP contribution is -2.65. The highest BCUT2D eigenvalue weighted by Crippen LogP contribution is 2.74. The van der Waals surface area contributed by atoms with Gasteiger partial charge < -0.3 is 20.3 Å². The van der Waals surface area contributed by atoms with E-state index in [9.17, 15) is 19.8 Å². The molecule has 8 nitrogen and oxygen atoms in total. The van der Waals surface area contributed by atoms with Crippen molar-refractivity contribution in [2.75, 3.05) is 0 Å². The molecule has 1 aromatic heterocycles. The van der Waals surface area contributed by atoms with Crippen molar-refractivity contribution >= 4 is 11.9 Å². The average molecular weight is 622 g/mol. The zero-order valence-electron chi connectivity index (χ0n) is 28.6. The van der Waals surface area contributed by atoms with Crippen LogP contribution in [-0.2, 0) is 14.3 Å². The molecule has 4 saturated carbocycles. The largest absolute Gasteiger partial charge is 0.458 e. The van der Waals surface area contributed by atoms with Gasteiger partial charge in [0.1, 0.15) is 6.10 Å². The molecule has 4 aliphatic rings. The zero-order chi connectivity index (χ0) is 32.9. The summed E-state index contributed by atoms with van der Waals surface area (Å²) in [6.07, 6.45) is 11.6. The van der Waals surface area contributed by atoms with Gasteiger partial charge in [0, 0.05) is 24.9 Å². The summed E-state index contributed by atoms with van der Waals surface area (Å²) in [4.78, 5) is 35.5. The van der Waals surface area contributed by atoms with Crippen LogP contribution in [0.25, 0.3) is 0 Å². The van der Waals surface area contributed by atoms with Crippen molar-refractivity contribution in [3.8, 4) is 0 Å². The predicted molar refractivity (Wildman–Crippen MR) is 174 cm³/mol. The van der Waals surface area contributed by atoms with Crippen LogP contribution in [0.1, 0.15) is 118 Å². The number of allylic oxidation sites excluding steroid dienone is 2. The second kappa shape index (κ2) is 12.6. The summed E-state index contributed by atoms with van der Waals surface area (Å²) in [5, 5.41) is 26.2. The molecular formula is C37H55N3O5. The quantitative estimate of drug-likeness (QED) is 0.187. The Labute approximate surface area is 269 Å². The van der Waals surface area contributed by atoms with E-state index in [1.807, 2.05) is 6.92 Å². The number of carbonyl (C=O) groups excluding carboxylic acids is 2. The highest BCUT2D eigenvalue weighted by Gasteiger charge is 2.70. The molecule has 11 atom stereocenters. The van der Waals surface area contributed by atoms with Gasteiger partial charge in [0.2, 0.25) is 5.91 Å². The summed E-state index contributed by atoms with van der Waals surface area (Å²) >= 11 is 0. The molecule has 5 rings (SSSR count). The van der Waals surface area contributed by atoms with Gasteiger partial charge >= 0.3 is 5.97 Å². The van der Waals surface area contributed by atoms with Crippen molar-refractivity contribution in [1.29, 1.82) is 0 Å². The number of nitrogens with zero attached hydrogens (tertiary/aromatic N) is 2. The third-order valence-corrected chi connectivity index (χ3v) is 13.0. The Morgan fingerprint density at radius 2 is 1.82 bits per heavy atom. The van der Waals surface area contributed by atoms with Crippen LogP contribution < -0.4 is 5.32 Å². The summed E-state index contributed by atoms with van der Waals surface area (Å²) in [6, 6.07) is -0.358. The molecule has 0 radical (unpaired) electrons. The molecule has 0 bridgehead atoms. The van der Waals surface area contributed by atoms with Gasteiger partial charge in [-0.15, -0.1) is 0 Å². The third kappa shape index (κ3) is 5.79. The average Bonchev–Trinajstić information content (AvgIpc) is 3.24. The van der Waals surface area contributed by atoms with Gasteiger partial charge in [-0.3, -0.25) is 19.6 Å². The Morgan fingerprint density at radius 1 is 1.09 bits per heavy atom. The number of carbonyl (C=O) groups is 2. The first-order valence-electron chi connectivity index (χ1n) is 17.1. The lowest BCUT2D eigenvalue weighted by molar-refractivity contribution is -0.234. The van der Waals surface area contributed by atoms with Crippen LogP contribution in [0.5, 0.6) is 0 Å². The first-order valence-corrected chi connectivity index (χ1v) is 17.1. The number of rotatable bonds is 7. The van der Waals surface area contributed by atoms with Gasteiger partial charge in [-0.2, -0.15) is 0 Å². The minimum Gasteiger partial charge on any atom is -0.458 e. The lowest BCUT2D eigenvalue weighted by Gasteiger charge is -2.69. The zero-order valence-corrected chi connectivity index (χ0v) is 28.6. The van der Waals surface area contributed by atoms with Crippen LogP contribution >= 0.6 is 0 Å². The third-order valence-electron chi connectivity index (χ3n) is 13.0. The van der Waals surface area contributed by atoms with Crippen molar-refractivity contribution in [2.45, 2.75) is 131 Å².